The van der Waals surface area contributed by atoms with Crippen molar-refractivity contribution in [2.24, 2.45) is 0 Å². The van der Waals surface area contributed by atoms with Gasteiger partial charge >= 0.3 is 0 Å². The maximum absolute atomic E-state index is 13.7. The molecule has 3 nitrogen and oxygen atoms in total. The van der Waals surface area contributed by atoms with Crippen LogP contribution in [-0.4, -0.2) is 15.6 Å². The Morgan fingerprint density at radius 3 is 2.76 bits per heavy atom. The molecule has 1 heterocycles. The van der Waals surface area contributed by atoms with Crippen molar-refractivity contribution in [3.05, 3.63) is 17.0 Å². The van der Waals surface area contributed by atoms with Crippen LogP contribution in [0.3, 0.4) is 0 Å². The summed E-state index contributed by atoms with van der Waals surface area (Å²) in [6.45, 7) is 4.11. The van der Waals surface area contributed by atoms with Crippen LogP contribution >= 0.6 is 0 Å². The van der Waals surface area contributed by atoms with Gasteiger partial charge in [0.1, 0.15) is 5.69 Å². The first-order valence-corrected chi connectivity index (χ1v) is 5.78. The fourth-order valence-corrected chi connectivity index (χ4v) is 2.51. The first kappa shape index (κ1) is 12.2. The molecule has 2 rings (SSSR count). The molecule has 0 spiro atoms. The summed E-state index contributed by atoms with van der Waals surface area (Å²) in [5.74, 6) is -3.01. The minimum atomic E-state index is -2.95. The van der Waals surface area contributed by atoms with Crippen molar-refractivity contribution in [3.8, 4) is 0 Å². The highest BCUT2D eigenvalue weighted by molar-refractivity contribution is 5.75. The monoisotopic (exact) mass is 242 g/mol. The molecule has 0 amide bonds. The second-order valence-electron chi connectivity index (χ2n) is 4.90. The van der Waals surface area contributed by atoms with Gasteiger partial charge < -0.3 is 0 Å². The average molecular weight is 242 g/mol. The number of carbonyl (C=O) groups excluding carboxylic acids is 1. The summed E-state index contributed by atoms with van der Waals surface area (Å²) in [7, 11) is 0. The van der Waals surface area contributed by atoms with Gasteiger partial charge in [0.15, 0.2) is 5.78 Å². The molecule has 1 aromatic rings. The lowest BCUT2D eigenvalue weighted by Gasteiger charge is -2.16. The molecule has 0 N–H and O–H groups in total. The number of fused-ring (bicyclic) bond motifs is 1. The molecule has 0 aromatic carbocycles. The van der Waals surface area contributed by atoms with Gasteiger partial charge in [0.25, 0.3) is 5.92 Å². The van der Waals surface area contributed by atoms with Crippen LogP contribution in [-0.2, 0) is 23.7 Å². The van der Waals surface area contributed by atoms with Crippen LogP contribution in [0.4, 0.5) is 8.78 Å². The Kier molecular flexibility index (Phi) is 2.79. The number of carbonyl (C=O) groups is 1. The molecule has 5 heteroatoms. The van der Waals surface area contributed by atoms with Gasteiger partial charge in [0.05, 0.1) is 12.2 Å². The summed E-state index contributed by atoms with van der Waals surface area (Å²) in [4.78, 5) is 11.1. The topological polar surface area (TPSA) is 34.9 Å². The van der Waals surface area contributed by atoms with Crippen molar-refractivity contribution in [2.45, 2.75) is 52.0 Å². The van der Waals surface area contributed by atoms with E-state index in [1.54, 1.807) is 0 Å². The van der Waals surface area contributed by atoms with Crippen molar-refractivity contribution in [1.29, 1.82) is 0 Å². The number of Topliss-reactive ketones (excluding diaryl/α,β-unsaturated/α-hetero) is 1. The summed E-state index contributed by atoms with van der Waals surface area (Å²) in [6.07, 6.45) is 1.59. The largest absolute Gasteiger partial charge is 0.298 e. The van der Waals surface area contributed by atoms with Crippen molar-refractivity contribution >= 4 is 5.78 Å². The molecular weight excluding hydrogens is 226 g/mol. The van der Waals surface area contributed by atoms with E-state index >= 15 is 0 Å². The number of hydrogen-bond acceptors (Lipinski definition) is 2. The maximum Gasteiger partial charge on any atom is 0.286 e. The Bertz CT molecular complexity index is 460. The highest BCUT2D eigenvalue weighted by Gasteiger charge is 2.38. The zero-order valence-electron chi connectivity index (χ0n) is 10.3. The van der Waals surface area contributed by atoms with Gasteiger partial charge in [0, 0.05) is 12.5 Å². The Hall–Kier alpha value is -1.26. The highest BCUT2D eigenvalue weighted by atomic mass is 19.3. The molecule has 17 heavy (non-hydrogen) atoms. The number of aromatic nitrogens is 2. The van der Waals surface area contributed by atoms with Gasteiger partial charge in [-0.05, 0) is 25.7 Å². The van der Waals surface area contributed by atoms with Crippen LogP contribution in [0, 0.1) is 0 Å². The number of hydrogen-bond donors (Lipinski definition) is 0. The first-order chi connectivity index (χ1) is 7.80. The third-order valence-electron chi connectivity index (χ3n) is 3.16. The summed E-state index contributed by atoms with van der Waals surface area (Å²) in [5.41, 5.74) is 1.31. The number of ketones is 1. The molecule has 1 aliphatic rings. The highest BCUT2D eigenvalue weighted by Crippen LogP contribution is 2.41. The van der Waals surface area contributed by atoms with Gasteiger partial charge in [-0.25, -0.2) is 0 Å². The summed E-state index contributed by atoms with van der Waals surface area (Å²) >= 11 is 0. The van der Waals surface area contributed by atoms with Gasteiger partial charge in [0.2, 0.25) is 0 Å². The normalized spacial score (nSPS) is 19.5. The van der Waals surface area contributed by atoms with E-state index in [0.717, 1.165) is 25.5 Å². The van der Waals surface area contributed by atoms with Crippen LogP contribution in [0.25, 0.3) is 0 Å². The van der Waals surface area contributed by atoms with E-state index in [2.05, 4.69) is 5.10 Å². The van der Waals surface area contributed by atoms with Crippen LogP contribution in [0.1, 0.15) is 50.1 Å². The fraction of sp³-hybridized carbons (Fsp3) is 0.667. The number of aryl methyl sites for hydroxylation is 1. The van der Waals surface area contributed by atoms with Crippen LogP contribution in [0.15, 0.2) is 0 Å². The molecule has 0 bridgehead atoms. The van der Waals surface area contributed by atoms with E-state index in [0.29, 0.717) is 5.56 Å². The fourth-order valence-electron chi connectivity index (χ4n) is 2.51. The molecular formula is C12H16F2N2O. The summed E-state index contributed by atoms with van der Waals surface area (Å²) in [6, 6.07) is 0. The SMILES string of the molecule is CC(=O)Cn1nc2c(c1C(C)(F)F)[C@@H](C)CC2. The molecule has 1 aromatic heterocycles. The van der Waals surface area contributed by atoms with Crippen LogP contribution < -0.4 is 0 Å². The average Bonchev–Trinajstić information content (AvgIpc) is 2.64. The molecule has 0 fully saturated rings. The van der Waals surface area contributed by atoms with Gasteiger partial charge in [-0.2, -0.15) is 13.9 Å². The molecule has 94 valence electrons. The Balaban J connectivity index is 2.55. The first-order valence-electron chi connectivity index (χ1n) is 5.78. The van der Waals surface area contributed by atoms with Gasteiger partial charge in [-0.1, -0.05) is 6.92 Å². The second kappa shape index (κ2) is 3.89. The zero-order chi connectivity index (χ0) is 12.8. The molecule has 0 saturated carbocycles. The lowest BCUT2D eigenvalue weighted by atomic mass is 10.0. The quantitative estimate of drug-likeness (QED) is 0.816. The second-order valence-corrected chi connectivity index (χ2v) is 4.90. The maximum atomic E-state index is 13.7. The van der Waals surface area contributed by atoms with Gasteiger partial charge in [-0.3, -0.25) is 9.48 Å². The van der Waals surface area contributed by atoms with E-state index in [9.17, 15) is 13.6 Å². The number of halogens is 2. The standard InChI is InChI=1S/C12H16F2N2O/c1-7-4-5-9-10(7)11(12(3,13)14)16(15-9)6-8(2)17/h7H,4-6H2,1-3H3/t7-/m0/s1. The number of alkyl halides is 2. The predicted molar refractivity (Wildman–Crippen MR) is 59.2 cm³/mol. The van der Waals surface area contributed by atoms with E-state index in [1.807, 2.05) is 6.92 Å². The smallest absolute Gasteiger partial charge is 0.286 e. The van der Waals surface area contributed by atoms with Crippen LogP contribution in [0.2, 0.25) is 0 Å². The van der Waals surface area contributed by atoms with E-state index in [1.165, 1.54) is 11.6 Å². The summed E-state index contributed by atoms with van der Waals surface area (Å²) < 4.78 is 28.5. The van der Waals surface area contributed by atoms with Crippen molar-refractivity contribution in [1.82, 2.24) is 9.78 Å². The Morgan fingerprint density at radius 1 is 1.59 bits per heavy atom. The molecule has 0 unspecified atom stereocenters. The Labute approximate surface area is 98.8 Å². The van der Waals surface area contributed by atoms with E-state index in [-0.39, 0.29) is 23.9 Å². The van der Waals surface area contributed by atoms with Gasteiger partial charge in [-0.15, -0.1) is 0 Å². The van der Waals surface area contributed by atoms with E-state index < -0.39 is 5.92 Å². The Morgan fingerprint density at radius 2 is 2.24 bits per heavy atom. The van der Waals surface area contributed by atoms with E-state index in [4.69, 9.17) is 0 Å². The number of nitrogens with zero attached hydrogens (tertiary/aromatic N) is 2. The lowest BCUT2D eigenvalue weighted by molar-refractivity contribution is -0.117. The predicted octanol–water partition coefficient (Wildman–Crippen LogP) is 2.63. The molecule has 0 aliphatic heterocycles. The molecule has 1 aliphatic carbocycles. The summed E-state index contributed by atoms with van der Waals surface area (Å²) in [5, 5.41) is 4.16. The van der Waals surface area contributed by atoms with Crippen molar-refractivity contribution < 1.29 is 13.6 Å². The third kappa shape index (κ3) is 2.10. The minimum Gasteiger partial charge on any atom is -0.298 e. The van der Waals surface area contributed by atoms with Crippen LogP contribution in [0.5, 0.6) is 0 Å². The third-order valence-corrected chi connectivity index (χ3v) is 3.16. The number of rotatable bonds is 3. The molecule has 1 atom stereocenters. The molecule has 0 saturated heterocycles. The zero-order valence-corrected chi connectivity index (χ0v) is 10.3. The van der Waals surface area contributed by atoms with Crippen molar-refractivity contribution in [3.63, 3.8) is 0 Å². The minimum absolute atomic E-state index is 0.0709. The lowest BCUT2D eigenvalue weighted by Crippen LogP contribution is -2.20. The molecule has 0 radical (unpaired) electrons. The van der Waals surface area contributed by atoms with Crippen molar-refractivity contribution in [2.75, 3.05) is 0 Å².